The predicted octanol–water partition coefficient (Wildman–Crippen LogP) is 0.637. The van der Waals surface area contributed by atoms with E-state index in [0.717, 1.165) is 18.5 Å². The lowest BCUT2D eigenvalue weighted by molar-refractivity contribution is -0.135. The Morgan fingerprint density at radius 2 is 2.39 bits per heavy atom. The summed E-state index contributed by atoms with van der Waals surface area (Å²) in [7, 11) is 0. The topological polar surface area (TPSA) is 63.2 Å². The van der Waals surface area contributed by atoms with E-state index in [1.165, 1.54) is 0 Å². The van der Waals surface area contributed by atoms with E-state index in [1.54, 1.807) is 12.4 Å². The SMILES string of the molecule is CCC(NC(=O)C1CNCCO1)c1ccncc1. The molecule has 0 bridgehead atoms. The third kappa shape index (κ3) is 3.27. The molecule has 1 fully saturated rings. The average Bonchev–Trinajstić information content (AvgIpc) is 2.46. The van der Waals surface area contributed by atoms with Gasteiger partial charge in [-0.2, -0.15) is 0 Å². The molecular weight excluding hydrogens is 230 g/mol. The summed E-state index contributed by atoms with van der Waals surface area (Å²) in [4.78, 5) is 16.0. The molecule has 1 aliphatic heterocycles. The molecular formula is C13H19N3O2. The molecule has 0 spiro atoms. The van der Waals surface area contributed by atoms with E-state index in [9.17, 15) is 4.79 Å². The third-order valence-corrected chi connectivity index (χ3v) is 3.05. The Balaban J connectivity index is 1.95. The Morgan fingerprint density at radius 1 is 1.61 bits per heavy atom. The number of carbonyl (C=O) groups is 1. The summed E-state index contributed by atoms with van der Waals surface area (Å²) >= 11 is 0. The van der Waals surface area contributed by atoms with Crippen LogP contribution >= 0.6 is 0 Å². The molecule has 98 valence electrons. The molecule has 1 aromatic rings. The van der Waals surface area contributed by atoms with Crippen molar-refractivity contribution in [2.45, 2.75) is 25.5 Å². The van der Waals surface area contributed by atoms with E-state index < -0.39 is 0 Å². The highest BCUT2D eigenvalue weighted by Gasteiger charge is 2.23. The minimum atomic E-state index is -0.380. The van der Waals surface area contributed by atoms with Gasteiger partial charge in [-0.3, -0.25) is 9.78 Å². The number of rotatable bonds is 4. The van der Waals surface area contributed by atoms with Crippen LogP contribution in [0.15, 0.2) is 24.5 Å². The molecule has 2 heterocycles. The van der Waals surface area contributed by atoms with Crippen LogP contribution < -0.4 is 10.6 Å². The van der Waals surface area contributed by atoms with Crippen molar-refractivity contribution in [3.8, 4) is 0 Å². The van der Waals surface area contributed by atoms with Gasteiger partial charge in [-0.1, -0.05) is 6.92 Å². The molecule has 1 saturated heterocycles. The number of nitrogens with one attached hydrogen (secondary N) is 2. The highest BCUT2D eigenvalue weighted by molar-refractivity contribution is 5.81. The monoisotopic (exact) mass is 249 g/mol. The maximum atomic E-state index is 12.0. The van der Waals surface area contributed by atoms with E-state index in [4.69, 9.17) is 4.74 Å². The predicted molar refractivity (Wildman–Crippen MR) is 68.0 cm³/mol. The normalized spacial score (nSPS) is 21.3. The van der Waals surface area contributed by atoms with Crippen molar-refractivity contribution < 1.29 is 9.53 Å². The highest BCUT2D eigenvalue weighted by atomic mass is 16.5. The summed E-state index contributed by atoms with van der Waals surface area (Å²) < 4.78 is 5.43. The zero-order valence-electron chi connectivity index (χ0n) is 10.6. The smallest absolute Gasteiger partial charge is 0.250 e. The summed E-state index contributed by atoms with van der Waals surface area (Å²) in [5, 5.41) is 6.17. The molecule has 0 radical (unpaired) electrons. The quantitative estimate of drug-likeness (QED) is 0.822. The van der Waals surface area contributed by atoms with Gasteiger partial charge >= 0.3 is 0 Å². The largest absolute Gasteiger partial charge is 0.366 e. The van der Waals surface area contributed by atoms with Crippen molar-refractivity contribution in [2.75, 3.05) is 19.7 Å². The van der Waals surface area contributed by atoms with Gasteiger partial charge in [0.05, 0.1) is 12.6 Å². The fraction of sp³-hybridized carbons (Fsp3) is 0.538. The molecule has 2 unspecified atom stereocenters. The zero-order chi connectivity index (χ0) is 12.8. The molecule has 18 heavy (non-hydrogen) atoms. The molecule has 2 N–H and O–H groups in total. The minimum Gasteiger partial charge on any atom is -0.366 e. The van der Waals surface area contributed by atoms with Crippen molar-refractivity contribution in [2.24, 2.45) is 0 Å². The van der Waals surface area contributed by atoms with Gasteiger partial charge in [-0.05, 0) is 24.1 Å². The van der Waals surface area contributed by atoms with Crippen LogP contribution in [0.4, 0.5) is 0 Å². The maximum absolute atomic E-state index is 12.0. The molecule has 0 aliphatic carbocycles. The first-order valence-electron chi connectivity index (χ1n) is 6.34. The Labute approximate surface area is 107 Å². The van der Waals surface area contributed by atoms with Crippen LogP contribution in [0.2, 0.25) is 0 Å². The van der Waals surface area contributed by atoms with Gasteiger partial charge in [0, 0.05) is 25.5 Å². The van der Waals surface area contributed by atoms with E-state index in [-0.39, 0.29) is 18.1 Å². The number of aromatic nitrogens is 1. The minimum absolute atomic E-state index is 0.0195. The number of carbonyl (C=O) groups excluding carboxylic acids is 1. The lowest BCUT2D eigenvalue weighted by Crippen LogP contribution is -2.48. The van der Waals surface area contributed by atoms with Crippen LogP contribution in [0.25, 0.3) is 0 Å². The number of hydrogen-bond acceptors (Lipinski definition) is 4. The first-order chi connectivity index (χ1) is 8.81. The first-order valence-corrected chi connectivity index (χ1v) is 6.34. The van der Waals surface area contributed by atoms with Gasteiger partial charge in [-0.25, -0.2) is 0 Å². The molecule has 0 saturated carbocycles. The summed E-state index contributed by atoms with van der Waals surface area (Å²) in [6, 6.07) is 3.87. The van der Waals surface area contributed by atoms with E-state index in [2.05, 4.69) is 15.6 Å². The summed E-state index contributed by atoms with van der Waals surface area (Å²) in [6.45, 7) is 4.03. The Morgan fingerprint density at radius 3 is 3.00 bits per heavy atom. The van der Waals surface area contributed by atoms with Gasteiger partial charge in [-0.15, -0.1) is 0 Å². The molecule has 1 aliphatic rings. The number of morpholine rings is 1. The van der Waals surface area contributed by atoms with Gasteiger partial charge in [0.1, 0.15) is 6.10 Å². The van der Waals surface area contributed by atoms with E-state index in [1.807, 2.05) is 19.1 Å². The summed E-state index contributed by atoms with van der Waals surface area (Å²) in [6.07, 6.45) is 3.94. The fourth-order valence-electron chi connectivity index (χ4n) is 2.02. The lowest BCUT2D eigenvalue weighted by Gasteiger charge is -2.25. The Bertz CT molecular complexity index is 377. The van der Waals surface area contributed by atoms with Crippen LogP contribution in [0.5, 0.6) is 0 Å². The van der Waals surface area contributed by atoms with Crippen LogP contribution in [0.1, 0.15) is 24.9 Å². The molecule has 1 amide bonds. The van der Waals surface area contributed by atoms with Gasteiger partial charge in [0.25, 0.3) is 5.91 Å². The lowest BCUT2D eigenvalue weighted by atomic mass is 10.1. The van der Waals surface area contributed by atoms with Crippen molar-refractivity contribution >= 4 is 5.91 Å². The number of ether oxygens (including phenoxy) is 1. The second kappa shape index (κ2) is 6.47. The van der Waals surface area contributed by atoms with Crippen molar-refractivity contribution in [1.82, 2.24) is 15.6 Å². The van der Waals surface area contributed by atoms with Crippen molar-refractivity contribution in [3.05, 3.63) is 30.1 Å². The molecule has 0 aromatic carbocycles. The van der Waals surface area contributed by atoms with Crippen molar-refractivity contribution in [1.29, 1.82) is 0 Å². The molecule has 1 aromatic heterocycles. The van der Waals surface area contributed by atoms with E-state index in [0.29, 0.717) is 13.2 Å². The summed E-state index contributed by atoms with van der Waals surface area (Å²) in [5.41, 5.74) is 1.07. The fourth-order valence-corrected chi connectivity index (χ4v) is 2.02. The Hall–Kier alpha value is -1.46. The highest BCUT2D eigenvalue weighted by Crippen LogP contribution is 2.15. The first kappa shape index (κ1) is 13.0. The zero-order valence-corrected chi connectivity index (χ0v) is 10.6. The summed E-state index contributed by atoms with van der Waals surface area (Å²) in [5.74, 6) is -0.0501. The Kier molecular flexibility index (Phi) is 4.66. The molecule has 2 atom stereocenters. The van der Waals surface area contributed by atoms with Crippen LogP contribution in [-0.2, 0) is 9.53 Å². The van der Waals surface area contributed by atoms with Gasteiger partial charge < -0.3 is 15.4 Å². The maximum Gasteiger partial charge on any atom is 0.250 e. The second-order valence-corrected chi connectivity index (χ2v) is 4.31. The molecule has 5 nitrogen and oxygen atoms in total. The van der Waals surface area contributed by atoms with Crippen LogP contribution in [0, 0.1) is 0 Å². The molecule has 5 heteroatoms. The third-order valence-electron chi connectivity index (χ3n) is 3.05. The number of amides is 1. The number of nitrogens with zero attached hydrogens (tertiary/aromatic N) is 1. The second-order valence-electron chi connectivity index (χ2n) is 4.31. The molecule has 2 rings (SSSR count). The standard InChI is InChI=1S/C13H19N3O2/c1-2-11(10-3-5-14-6-4-10)16-13(17)12-9-15-7-8-18-12/h3-6,11-12,15H,2,7-9H2,1H3,(H,16,17). The van der Waals surface area contributed by atoms with Crippen LogP contribution in [0.3, 0.4) is 0 Å². The average molecular weight is 249 g/mol. The van der Waals surface area contributed by atoms with Crippen molar-refractivity contribution in [3.63, 3.8) is 0 Å². The van der Waals surface area contributed by atoms with Gasteiger partial charge in [0.2, 0.25) is 0 Å². The van der Waals surface area contributed by atoms with Crippen LogP contribution in [-0.4, -0.2) is 36.7 Å². The van der Waals surface area contributed by atoms with Gasteiger partial charge in [0.15, 0.2) is 0 Å². The number of pyridine rings is 1. The number of hydrogen-bond donors (Lipinski definition) is 2. The van der Waals surface area contributed by atoms with E-state index >= 15 is 0 Å².